The number of carbonyl (C=O) groups is 2. The molecule has 0 aliphatic rings. The molecule has 2 aromatic heterocycles. The zero-order valence-corrected chi connectivity index (χ0v) is 21.2. The summed E-state index contributed by atoms with van der Waals surface area (Å²) in [5.74, 6) is 0.963. The standard InChI is InChI=1S/C27H36N4O4/c1-5-20(32)12-7-6-8-13-22(29-25(33)15-16-30(2)3)26-28-18-24(35-26)21-17-19-11-9-10-14-23(19)31(4)27(21)34/h9-11,14,17-18,22H,5-8,12-13,15-16H2,1-4H3,(H,29,33)/t22-/m0/s1. The summed E-state index contributed by atoms with van der Waals surface area (Å²) in [6.45, 7) is 2.52. The van der Waals surface area contributed by atoms with Gasteiger partial charge in [0, 0.05) is 32.9 Å². The highest BCUT2D eigenvalue weighted by Crippen LogP contribution is 2.26. The predicted molar refractivity (Wildman–Crippen MR) is 137 cm³/mol. The van der Waals surface area contributed by atoms with Gasteiger partial charge < -0.3 is 19.2 Å². The van der Waals surface area contributed by atoms with Gasteiger partial charge in [0.1, 0.15) is 11.8 Å². The Morgan fingerprint density at radius 1 is 1.14 bits per heavy atom. The van der Waals surface area contributed by atoms with E-state index in [-0.39, 0.29) is 17.2 Å². The molecule has 1 atom stereocenters. The Kier molecular flexibility index (Phi) is 9.37. The number of ketones is 1. The maximum atomic E-state index is 13.0. The number of unbranched alkanes of at least 4 members (excludes halogenated alkanes) is 2. The lowest BCUT2D eigenvalue weighted by atomic mass is 10.0. The summed E-state index contributed by atoms with van der Waals surface area (Å²) >= 11 is 0. The van der Waals surface area contributed by atoms with Crippen molar-refractivity contribution in [2.24, 2.45) is 7.05 Å². The van der Waals surface area contributed by atoms with Gasteiger partial charge in [0.05, 0.1) is 17.3 Å². The molecule has 0 aliphatic heterocycles. The average molecular weight is 481 g/mol. The fraction of sp³-hybridized carbons (Fsp3) is 0.481. The molecule has 0 aliphatic carbocycles. The van der Waals surface area contributed by atoms with Crippen LogP contribution >= 0.6 is 0 Å². The molecule has 8 heteroatoms. The second kappa shape index (κ2) is 12.4. The van der Waals surface area contributed by atoms with Gasteiger partial charge in [-0.05, 0) is 44.5 Å². The van der Waals surface area contributed by atoms with Gasteiger partial charge in [-0.3, -0.25) is 14.4 Å². The molecule has 188 valence electrons. The molecule has 35 heavy (non-hydrogen) atoms. The summed E-state index contributed by atoms with van der Waals surface area (Å²) in [6.07, 6.45) is 6.26. The number of para-hydroxylation sites is 1. The number of benzene rings is 1. The minimum Gasteiger partial charge on any atom is -0.438 e. The van der Waals surface area contributed by atoms with Crippen LogP contribution in [0.2, 0.25) is 0 Å². The Morgan fingerprint density at radius 2 is 1.91 bits per heavy atom. The number of oxazole rings is 1. The van der Waals surface area contributed by atoms with E-state index in [1.165, 1.54) is 0 Å². The Bertz CT molecular complexity index is 1210. The van der Waals surface area contributed by atoms with Crippen LogP contribution in [0.1, 0.15) is 63.8 Å². The molecule has 3 aromatic rings. The van der Waals surface area contributed by atoms with Crippen molar-refractivity contribution in [1.29, 1.82) is 0 Å². The fourth-order valence-corrected chi connectivity index (χ4v) is 4.05. The van der Waals surface area contributed by atoms with Crippen LogP contribution < -0.4 is 10.9 Å². The summed E-state index contributed by atoms with van der Waals surface area (Å²) < 4.78 is 7.65. The normalized spacial score (nSPS) is 12.3. The minimum absolute atomic E-state index is 0.0776. The van der Waals surface area contributed by atoms with Gasteiger partial charge in [-0.1, -0.05) is 38.0 Å². The van der Waals surface area contributed by atoms with E-state index < -0.39 is 6.04 Å². The Balaban J connectivity index is 1.79. The molecule has 0 saturated heterocycles. The Labute approximate surface area is 206 Å². The molecule has 3 rings (SSSR count). The number of Topliss-reactive ketones (excluding diaryl/α,β-unsaturated/α-hetero) is 1. The maximum Gasteiger partial charge on any atom is 0.261 e. The first kappa shape index (κ1) is 26.3. The van der Waals surface area contributed by atoms with E-state index in [2.05, 4.69) is 10.3 Å². The number of aryl methyl sites for hydroxylation is 1. The molecule has 0 unspecified atom stereocenters. The van der Waals surface area contributed by atoms with E-state index in [1.807, 2.05) is 56.3 Å². The molecule has 1 aromatic carbocycles. The van der Waals surface area contributed by atoms with E-state index in [1.54, 1.807) is 17.8 Å². The van der Waals surface area contributed by atoms with E-state index in [4.69, 9.17) is 4.42 Å². The molecule has 8 nitrogen and oxygen atoms in total. The summed E-state index contributed by atoms with van der Waals surface area (Å²) in [7, 11) is 5.59. The zero-order chi connectivity index (χ0) is 25.4. The van der Waals surface area contributed by atoms with Crippen molar-refractivity contribution in [2.75, 3.05) is 20.6 Å². The molecule has 0 saturated carbocycles. The van der Waals surface area contributed by atoms with Crippen LogP contribution in [0.3, 0.4) is 0 Å². The number of amides is 1. The van der Waals surface area contributed by atoms with Gasteiger partial charge in [-0.15, -0.1) is 0 Å². The number of carbonyl (C=O) groups excluding carboxylic acids is 2. The lowest BCUT2D eigenvalue weighted by Crippen LogP contribution is -2.31. The van der Waals surface area contributed by atoms with Crippen molar-refractivity contribution in [1.82, 2.24) is 19.8 Å². The topological polar surface area (TPSA) is 97.4 Å². The fourth-order valence-electron chi connectivity index (χ4n) is 4.05. The Hall–Kier alpha value is -3.26. The smallest absolute Gasteiger partial charge is 0.261 e. The van der Waals surface area contributed by atoms with Crippen LogP contribution in [-0.2, 0) is 16.6 Å². The number of nitrogens with zero attached hydrogens (tertiary/aromatic N) is 3. The van der Waals surface area contributed by atoms with E-state index >= 15 is 0 Å². The van der Waals surface area contributed by atoms with Gasteiger partial charge in [0.15, 0.2) is 5.76 Å². The van der Waals surface area contributed by atoms with Crippen LogP contribution in [-0.4, -0.2) is 46.8 Å². The van der Waals surface area contributed by atoms with E-state index in [9.17, 15) is 14.4 Å². The zero-order valence-electron chi connectivity index (χ0n) is 21.2. The molecule has 2 heterocycles. The van der Waals surface area contributed by atoms with Crippen LogP contribution in [0, 0.1) is 0 Å². The highest BCUT2D eigenvalue weighted by molar-refractivity contribution is 5.83. The largest absolute Gasteiger partial charge is 0.438 e. The number of hydrogen-bond donors (Lipinski definition) is 1. The average Bonchev–Trinajstić information content (AvgIpc) is 3.33. The van der Waals surface area contributed by atoms with Gasteiger partial charge in [0.25, 0.3) is 5.56 Å². The van der Waals surface area contributed by atoms with Crippen molar-refractivity contribution >= 4 is 22.6 Å². The molecule has 0 bridgehead atoms. The van der Waals surface area contributed by atoms with E-state index in [0.29, 0.717) is 49.4 Å². The molecular weight excluding hydrogens is 444 g/mol. The Morgan fingerprint density at radius 3 is 2.66 bits per heavy atom. The SMILES string of the molecule is CCC(=O)CCCCC[C@H](NC(=O)CCN(C)C)c1ncc(-c2cc3ccccc3n(C)c2=O)o1. The summed E-state index contributed by atoms with van der Waals surface area (Å²) in [5, 5.41) is 3.98. The second-order valence-corrected chi connectivity index (χ2v) is 9.21. The maximum absolute atomic E-state index is 13.0. The quantitative estimate of drug-likeness (QED) is 0.368. The van der Waals surface area contributed by atoms with Crippen molar-refractivity contribution in [2.45, 2.75) is 57.9 Å². The number of rotatable bonds is 13. The van der Waals surface area contributed by atoms with Gasteiger partial charge in [-0.2, -0.15) is 0 Å². The van der Waals surface area contributed by atoms with Crippen LogP contribution in [0.25, 0.3) is 22.2 Å². The number of pyridine rings is 1. The third kappa shape index (κ3) is 7.11. The lowest BCUT2D eigenvalue weighted by molar-refractivity contribution is -0.122. The van der Waals surface area contributed by atoms with Crippen molar-refractivity contribution in [3.8, 4) is 11.3 Å². The van der Waals surface area contributed by atoms with Gasteiger partial charge in [0.2, 0.25) is 11.8 Å². The van der Waals surface area contributed by atoms with Crippen molar-refractivity contribution in [3.63, 3.8) is 0 Å². The van der Waals surface area contributed by atoms with Gasteiger partial charge in [-0.25, -0.2) is 4.98 Å². The molecule has 0 radical (unpaired) electrons. The summed E-state index contributed by atoms with van der Waals surface area (Å²) in [6, 6.07) is 9.10. The van der Waals surface area contributed by atoms with Crippen LogP contribution in [0.15, 0.2) is 45.7 Å². The van der Waals surface area contributed by atoms with Crippen LogP contribution in [0.4, 0.5) is 0 Å². The summed E-state index contributed by atoms with van der Waals surface area (Å²) in [5.41, 5.74) is 1.10. The minimum atomic E-state index is -0.399. The van der Waals surface area contributed by atoms with Crippen molar-refractivity contribution in [3.05, 3.63) is 52.8 Å². The first-order valence-electron chi connectivity index (χ1n) is 12.3. The number of hydrogen-bond acceptors (Lipinski definition) is 6. The molecule has 1 amide bonds. The van der Waals surface area contributed by atoms with Crippen LogP contribution in [0.5, 0.6) is 0 Å². The number of fused-ring (bicyclic) bond motifs is 1. The van der Waals surface area contributed by atoms with Gasteiger partial charge >= 0.3 is 0 Å². The molecule has 0 fully saturated rings. The molecule has 0 spiro atoms. The third-order valence-electron chi connectivity index (χ3n) is 6.18. The number of nitrogens with one attached hydrogen (secondary N) is 1. The molecule has 1 N–H and O–H groups in total. The number of aromatic nitrogens is 2. The highest BCUT2D eigenvalue weighted by Gasteiger charge is 2.22. The first-order chi connectivity index (χ1) is 16.8. The first-order valence-corrected chi connectivity index (χ1v) is 12.3. The van der Waals surface area contributed by atoms with Crippen molar-refractivity contribution < 1.29 is 14.0 Å². The molecular formula is C27H36N4O4. The predicted octanol–water partition coefficient (Wildman–Crippen LogP) is 4.23. The van der Waals surface area contributed by atoms with E-state index in [0.717, 1.165) is 30.2 Å². The third-order valence-corrected chi connectivity index (χ3v) is 6.18. The second-order valence-electron chi connectivity index (χ2n) is 9.21. The monoisotopic (exact) mass is 480 g/mol. The highest BCUT2D eigenvalue weighted by atomic mass is 16.4. The lowest BCUT2D eigenvalue weighted by Gasteiger charge is -2.17. The summed E-state index contributed by atoms with van der Waals surface area (Å²) in [4.78, 5) is 43.5.